The Labute approximate surface area is 230 Å². The molecular weight excluding hydrogens is 397 g/mol. The molecule has 0 saturated carbocycles. The normalized spacial score (nSPS) is 13.8. The number of nitrogens with zero attached hydrogens (tertiary/aromatic N) is 1. The minimum Gasteiger partial charge on any atom is -0.549 e. The maximum atomic E-state index is 11.1. The van der Waals surface area contributed by atoms with Gasteiger partial charge in [0.25, 0.3) is 0 Å². The predicted molar refractivity (Wildman–Crippen MR) is 125 cm³/mol. The zero-order valence-corrected chi connectivity index (χ0v) is 24.0. The van der Waals surface area contributed by atoms with E-state index in [1.807, 2.05) is 0 Å². The fraction of sp³-hybridized carbons (Fsp3) is 0.808. The molecule has 0 N–H and O–H groups in total. The first-order valence-corrected chi connectivity index (χ1v) is 12.1. The zero-order valence-electron chi connectivity index (χ0n) is 20.8. The van der Waals surface area contributed by atoms with Crippen LogP contribution in [0.3, 0.4) is 0 Å². The minimum absolute atomic E-state index is 0. The Balaban J connectivity index is 0. The number of carboxylic acids is 1. The molecule has 0 amide bonds. The maximum absolute atomic E-state index is 11.1. The van der Waals surface area contributed by atoms with Crippen molar-refractivity contribution in [3.05, 3.63) is 24.3 Å². The second-order valence-electron chi connectivity index (χ2n) is 8.85. The van der Waals surface area contributed by atoms with Gasteiger partial charge in [0.15, 0.2) is 0 Å². The van der Waals surface area contributed by atoms with Gasteiger partial charge in [0.05, 0.1) is 5.97 Å². The van der Waals surface area contributed by atoms with Crippen LogP contribution in [0.15, 0.2) is 24.3 Å². The standard InChI is InChI=1S/C26H49NO2.K/c1-5-7-9-11-13-15-17-24(3)19-21-27(23-26(28)29)22-20-25(4)18-16-14-12-10-8-6-2;/h5-8,24-25H,9-23H2,1-4H3,(H,28,29);/q;+1/p-1/b7-5+,8-6+;. The Bertz CT molecular complexity index is 405. The Morgan fingerprint density at radius 2 is 1.20 bits per heavy atom. The summed E-state index contributed by atoms with van der Waals surface area (Å²) in [5.74, 6) is 0.379. The third kappa shape index (κ3) is 23.2. The molecule has 0 aliphatic rings. The number of carbonyl (C=O) groups is 1. The molecule has 0 aromatic heterocycles. The summed E-state index contributed by atoms with van der Waals surface area (Å²) in [5, 5.41) is 11.1. The molecule has 0 saturated heterocycles. The summed E-state index contributed by atoms with van der Waals surface area (Å²) >= 11 is 0. The molecule has 0 aliphatic carbocycles. The van der Waals surface area contributed by atoms with Gasteiger partial charge in [-0.1, -0.05) is 76.7 Å². The van der Waals surface area contributed by atoms with E-state index in [2.05, 4.69) is 56.9 Å². The molecule has 0 bridgehead atoms. The van der Waals surface area contributed by atoms with Gasteiger partial charge in [-0.2, -0.15) is 0 Å². The SMILES string of the molecule is C/C=C/CCCCCC(C)CCN(CCC(C)CCCCC/C=C/C)CC(=O)[O-].[K+]. The van der Waals surface area contributed by atoms with Gasteiger partial charge in [-0.3, -0.25) is 4.90 Å². The van der Waals surface area contributed by atoms with Gasteiger partial charge in [-0.15, -0.1) is 0 Å². The van der Waals surface area contributed by atoms with E-state index in [4.69, 9.17) is 0 Å². The topological polar surface area (TPSA) is 43.4 Å². The molecular formula is C26H48KNO2. The summed E-state index contributed by atoms with van der Waals surface area (Å²) < 4.78 is 0. The van der Waals surface area contributed by atoms with Crippen molar-refractivity contribution in [3.63, 3.8) is 0 Å². The molecule has 0 aliphatic heterocycles. The van der Waals surface area contributed by atoms with E-state index < -0.39 is 5.97 Å². The quantitative estimate of drug-likeness (QED) is 0.164. The third-order valence-electron chi connectivity index (χ3n) is 5.84. The Kier molecular flexibility index (Phi) is 26.4. The van der Waals surface area contributed by atoms with Crippen LogP contribution in [0.2, 0.25) is 0 Å². The van der Waals surface area contributed by atoms with Gasteiger partial charge in [-0.25, -0.2) is 0 Å². The van der Waals surface area contributed by atoms with E-state index in [0.29, 0.717) is 11.8 Å². The van der Waals surface area contributed by atoms with Crippen LogP contribution in [0.5, 0.6) is 0 Å². The number of hydrogen-bond acceptors (Lipinski definition) is 3. The zero-order chi connectivity index (χ0) is 21.7. The molecule has 0 aromatic rings. The second-order valence-corrected chi connectivity index (χ2v) is 8.85. The van der Waals surface area contributed by atoms with Crippen LogP contribution in [-0.4, -0.2) is 30.5 Å². The maximum Gasteiger partial charge on any atom is 1.00 e. The van der Waals surface area contributed by atoms with Crippen molar-refractivity contribution >= 4 is 5.97 Å². The van der Waals surface area contributed by atoms with Crippen molar-refractivity contribution < 1.29 is 61.3 Å². The molecule has 2 atom stereocenters. The second kappa shape index (κ2) is 24.2. The van der Waals surface area contributed by atoms with Gasteiger partial charge in [-0.05, 0) is 77.3 Å². The summed E-state index contributed by atoms with van der Waals surface area (Å²) in [6.45, 7) is 10.6. The fourth-order valence-electron chi connectivity index (χ4n) is 3.74. The molecule has 30 heavy (non-hydrogen) atoms. The number of carboxylic acid groups (broad SMARTS) is 1. The number of rotatable bonds is 20. The molecule has 0 rings (SSSR count). The fourth-order valence-corrected chi connectivity index (χ4v) is 3.74. The first-order valence-electron chi connectivity index (χ1n) is 12.1. The van der Waals surface area contributed by atoms with Crippen LogP contribution < -0.4 is 56.5 Å². The Morgan fingerprint density at radius 1 is 0.767 bits per heavy atom. The van der Waals surface area contributed by atoms with E-state index in [0.717, 1.165) is 25.9 Å². The van der Waals surface area contributed by atoms with Gasteiger partial charge >= 0.3 is 51.4 Å². The van der Waals surface area contributed by atoms with Crippen molar-refractivity contribution in [2.45, 2.75) is 105 Å². The number of aliphatic carboxylic acids is 1. The predicted octanol–water partition coefficient (Wildman–Crippen LogP) is 3.15. The molecule has 0 spiro atoms. The Morgan fingerprint density at radius 3 is 1.57 bits per heavy atom. The first kappa shape index (κ1) is 32.7. The van der Waals surface area contributed by atoms with E-state index in [9.17, 15) is 9.90 Å². The molecule has 4 heteroatoms. The van der Waals surface area contributed by atoms with Crippen LogP contribution in [0.4, 0.5) is 0 Å². The van der Waals surface area contributed by atoms with Crippen molar-refractivity contribution in [1.82, 2.24) is 4.90 Å². The average Bonchev–Trinajstić information content (AvgIpc) is 2.69. The van der Waals surface area contributed by atoms with Gasteiger partial charge in [0.1, 0.15) is 0 Å². The summed E-state index contributed by atoms with van der Waals surface area (Å²) in [7, 11) is 0. The number of unbranched alkanes of at least 4 members (excludes halogenated alkanes) is 6. The summed E-state index contributed by atoms with van der Waals surface area (Å²) in [4.78, 5) is 13.2. The molecule has 2 unspecified atom stereocenters. The molecule has 0 fully saturated rings. The van der Waals surface area contributed by atoms with E-state index in [-0.39, 0.29) is 57.9 Å². The van der Waals surface area contributed by atoms with Crippen LogP contribution in [-0.2, 0) is 4.79 Å². The number of hydrogen-bond donors (Lipinski definition) is 0. The van der Waals surface area contributed by atoms with E-state index >= 15 is 0 Å². The minimum atomic E-state index is -0.946. The monoisotopic (exact) mass is 445 g/mol. The largest absolute Gasteiger partial charge is 1.00 e. The van der Waals surface area contributed by atoms with Crippen molar-refractivity contribution in [2.75, 3.05) is 19.6 Å². The molecule has 170 valence electrons. The molecule has 3 nitrogen and oxygen atoms in total. The molecule has 0 heterocycles. The van der Waals surface area contributed by atoms with Crippen LogP contribution in [0.1, 0.15) is 105 Å². The third-order valence-corrected chi connectivity index (χ3v) is 5.84. The van der Waals surface area contributed by atoms with Crippen molar-refractivity contribution in [1.29, 1.82) is 0 Å². The summed E-state index contributed by atoms with van der Waals surface area (Å²) in [6.07, 6.45) is 23.5. The molecule has 0 aromatic carbocycles. The van der Waals surface area contributed by atoms with Crippen molar-refractivity contribution in [3.8, 4) is 0 Å². The number of allylic oxidation sites excluding steroid dienone is 4. The Hall–Kier alpha value is 0.546. The van der Waals surface area contributed by atoms with Crippen LogP contribution in [0.25, 0.3) is 0 Å². The van der Waals surface area contributed by atoms with E-state index in [1.54, 1.807) is 0 Å². The van der Waals surface area contributed by atoms with E-state index in [1.165, 1.54) is 64.2 Å². The average molecular weight is 446 g/mol. The summed E-state index contributed by atoms with van der Waals surface area (Å²) in [5.41, 5.74) is 0. The van der Waals surface area contributed by atoms with Gasteiger partial charge in [0.2, 0.25) is 0 Å². The molecule has 0 radical (unpaired) electrons. The van der Waals surface area contributed by atoms with Gasteiger partial charge in [0, 0.05) is 6.54 Å². The van der Waals surface area contributed by atoms with Crippen LogP contribution in [0, 0.1) is 11.8 Å². The van der Waals surface area contributed by atoms with Crippen LogP contribution >= 0.6 is 0 Å². The van der Waals surface area contributed by atoms with Gasteiger partial charge < -0.3 is 9.90 Å². The smallest absolute Gasteiger partial charge is 0.549 e. The number of carbonyl (C=O) groups excluding carboxylic acids is 1. The van der Waals surface area contributed by atoms with Crippen molar-refractivity contribution in [2.24, 2.45) is 11.8 Å². The summed E-state index contributed by atoms with van der Waals surface area (Å²) in [6, 6.07) is 0. The first-order chi connectivity index (χ1) is 14.0.